The lowest BCUT2D eigenvalue weighted by Gasteiger charge is -2.28. The van der Waals surface area contributed by atoms with E-state index in [-0.39, 0.29) is 18.0 Å². The van der Waals surface area contributed by atoms with Crippen molar-refractivity contribution in [1.29, 1.82) is 5.26 Å². The molecule has 26 heavy (non-hydrogen) atoms. The first-order chi connectivity index (χ1) is 12.6. The van der Waals surface area contributed by atoms with Crippen molar-refractivity contribution in [2.75, 3.05) is 11.4 Å². The molecule has 0 heterocycles. The van der Waals surface area contributed by atoms with E-state index in [0.717, 1.165) is 17.7 Å². The van der Waals surface area contributed by atoms with Crippen LogP contribution in [0.5, 0.6) is 0 Å². The molecule has 0 radical (unpaired) electrons. The molecule has 0 saturated heterocycles. The number of para-hydroxylation sites is 1. The van der Waals surface area contributed by atoms with Gasteiger partial charge in [-0.3, -0.25) is 10.1 Å². The predicted molar refractivity (Wildman–Crippen MR) is 106 cm³/mol. The zero-order chi connectivity index (χ0) is 18.9. The standard InChI is InChI=1S/C21H24ClN3O/c1-3-20(17-10-12-18(22)13-11-17)24-16(2)21(26)25(15-7-14-23)19-8-5-4-6-9-19/h4-6,8-13,16,20,24H,3,7,15H2,1-2H3. The smallest absolute Gasteiger partial charge is 0.243 e. The maximum atomic E-state index is 13.0. The van der Waals surface area contributed by atoms with Gasteiger partial charge in [-0.1, -0.05) is 48.9 Å². The van der Waals surface area contributed by atoms with Crippen LogP contribution in [0.15, 0.2) is 54.6 Å². The van der Waals surface area contributed by atoms with Crippen molar-refractivity contribution in [2.45, 2.75) is 38.8 Å². The molecular weight excluding hydrogens is 346 g/mol. The number of anilines is 1. The molecule has 2 rings (SSSR count). The van der Waals surface area contributed by atoms with Crippen LogP contribution in [-0.4, -0.2) is 18.5 Å². The van der Waals surface area contributed by atoms with Gasteiger partial charge in [0.15, 0.2) is 0 Å². The molecule has 2 aromatic rings. The number of nitrogens with one attached hydrogen (secondary N) is 1. The summed E-state index contributed by atoms with van der Waals surface area (Å²) in [4.78, 5) is 14.7. The van der Waals surface area contributed by atoms with E-state index in [9.17, 15) is 4.79 Å². The number of halogens is 1. The zero-order valence-electron chi connectivity index (χ0n) is 15.2. The van der Waals surface area contributed by atoms with E-state index in [0.29, 0.717) is 18.0 Å². The molecular formula is C21H24ClN3O. The van der Waals surface area contributed by atoms with Gasteiger partial charge >= 0.3 is 0 Å². The quantitative estimate of drug-likeness (QED) is 0.732. The summed E-state index contributed by atoms with van der Waals surface area (Å²) in [6, 6.07) is 18.9. The number of nitrogens with zero attached hydrogens (tertiary/aromatic N) is 2. The van der Waals surface area contributed by atoms with Gasteiger partial charge in [-0.2, -0.15) is 5.26 Å². The van der Waals surface area contributed by atoms with Crippen LogP contribution in [0.1, 0.15) is 38.3 Å². The maximum absolute atomic E-state index is 13.0. The molecule has 1 amide bonds. The predicted octanol–water partition coefficient (Wildman–Crippen LogP) is 4.72. The van der Waals surface area contributed by atoms with Crippen molar-refractivity contribution in [3.8, 4) is 6.07 Å². The van der Waals surface area contributed by atoms with E-state index in [1.807, 2.05) is 61.5 Å². The Bertz CT molecular complexity index is 740. The van der Waals surface area contributed by atoms with E-state index in [4.69, 9.17) is 16.9 Å². The van der Waals surface area contributed by atoms with E-state index in [2.05, 4.69) is 18.3 Å². The Morgan fingerprint density at radius 2 is 1.85 bits per heavy atom. The second-order valence-corrected chi connectivity index (χ2v) is 6.57. The van der Waals surface area contributed by atoms with Crippen LogP contribution in [-0.2, 0) is 4.79 Å². The fraction of sp³-hybridized carbons (Fsp3) is 0.333. The van der Waals surface area contributed by atoms with Crippen LogP contribution in [0, 0.1) is 11.3 Å². The lowest BCUT2D eigenvalue weighted by Crippen LogP contribution is -2.46. The number of carbonyl (C=O) groups is 1. The molecule has 0 saturated carbocycles. The molecule has 1 N–H and O–H groups in total. The molecule has 0 aliphatic heterocycles. The second-order valence-electron chi connectivity index (χ2n) is 6.13. The van der Waals surface area contributed by atoms with Crippen molar-refractivity contribution in [3.05, 3.63) is 65.2 Å². The minimum atomic E-state index is -0.380. The van der Waals surface area contributed by atoms with E-state index in [1.165, 1.54) is 0 Å². The Balaban J connectivity index is 2.14. The monoisotopic (exact) mass is 369 g/mol. The molecule has 2 atom stereocenters. The largest absolute Gasteiger partial charge is 0.310 e. The van der Waals surface area contributed by atoms with E-state index >= 15 is 0 Å². The number of nitriles is 1. The molecule has 0 bridgehead atoms. The first kappa shape index (κ1) is 20.0. The average Bonchev–Trinajstić information content (AvgIpc) is 2.67. The summed E-state index contributed by atoms with van der Waals surface area (Å²) in [5.41, 5.74) is 1.90. The lowest BCUT2D eigenvalue weighted by atomic mass is 10.0. The SMILES string of the molecule is CCC(NC(C)C(=O)N(CCC#N)c1ccccc1)c1ccc(Cl)cc1. The fourth-order valence-corrected chi connectivity index (χ4v) is 3.01. The van der Waals surface area contributed by atoms with Crippen LogP contribution in [0.2, 0.25) is 5.02 Å². The highest BCUT2D eigenvalue weighted by molar-refractivity contribution is 6.30. The highest BCUT2D eigenvalue weighted by Crippen LogP contribution is 2.21. The highest BCUT2D eigenvalue weighted by Gasteiger charge is 2.24. The Morgan fingerprint density at radius 1 is 1.19 bits per heavy atom. The topological polar surface area (TPSA) is 56.1 Å². The van der Waals surface area contributed by atoms with Gasteiger partial charge in [0.1, 0.15) is 0 Å². The normalized spacial score (nSPS) is 12.8. The van der Waals surface area contributed by atoms with Crippen LogP contribution < -0.4 is 10.2 Å². The van der Waals surface area contributed by atoms with Gasteiger partial charge < -0.3 is 4.90 Å². The first-order valence-electron chi connectivity index (χ1n) is 8.81. The van der Waals surface area contributed by atoms with Gasteiger partial charge in [0, 0.05) is 23.3 Å². The molecule has 0 fully saturated rings. The average molecular weight is 370 g/mol. The number of hydrogen-bond acceptors (Lipinski definition) is 3. The number of benzene rings is 2. The van der Waals surface area contributed by atoms with Gasteiger partial charge in [-0.25, -0.2) is 0 Å². The third-order valence-corrected chi connectivity index (χ3v) is 4.54. The number of carbonyl (C=O) groups excluding carboxylic acids is 1. The van der Waals surface area contributed by atoms with Gasteiger partial charge in [-0.15, -0.1) is 0 Å². The summed E-state index contributed by atoms with van der Waals surface area (Å²) < 4.78 is 0. The van der Waals surface area contributed by atoms with Crippen molar-refractivity contribution >= 4 is 23.2 Å². The van der Waals surface area contributed by atoms with Gasteiger partial charge in [0.05, 0.1) is 18.5 Å². The molecule has 136 valence electrons. The minimum absolute atomic E-state index is 0.0427. The summed E-state index contributed by atoms with van der Waals surface area (Å²) >= 11 is 5.97. The van der Waals surface area contributed by atoms with Gasteiger partial charge in [-0.05, 0) is 43.2 Å². The summed E-state index contributed by atoms with van der Waals surface area (Å²) in [7, 11) is 0. The molecule has 0 aliphatic rings. The van der Waals surface area contributed by atoms with Crippen LogP contribution in [0.3, 0.4) is 0 Å². The maximum Gasteiger partial charge on any atom is 0.243 e. The Kier molecular flexibility index (Phi) is 7.65. The summed E-state index contributed by atoms with van der Waals surface area (Å²) in [6.45, 7) is 4.32. The third-order valence-electron chi connectivity index (χ3n) is 4.28. The molecule has 0 aromatic heterocycles. The van der Waals surface area contributed by atoms with Crippen molar-refractivity contribution in [3.63, 3.8) is 0 Å². The fourth-order valence-electron chi connectivity index (χ4n) is 2.89. The summed E-state index contributed by atoms with van der Waals surface area (Å²) in [5, 5.41) is 13.0. The minimum Gasteiger partial charge on any atom is -0.310 e. The van der Waals surface area contributed by atoms with Gasteiger partial charge in [0.2, 0.25) is 5.91 Å². The molecule has 0 aliphatic carbocycles. The summed E-state index contributed by atoms with van der Waals surface area (Å²) in [5.74, 6) is -0.0427. The first-order valence-corrected chi connectivity index (χ1v) is 9.19. The highest BCUT2D eigenvalue weighted by atomic mass is 35.5. The molecule has 0 spiro atoms. The molecule has 4 nitrogen and oxygen atoms in total. The Morgan fingerprint density at radius 3 is 2.42 bits per heavy atom. The van der Waals surface area contributed by atoms with Crippen molar-refractivity contribution < 1.29 is 4.79 Å². The molecule has 2 unspecified atom stereocenters. The lowest BCUT2D eigenvalue weighted by molar-refractivity contribution is -0.120. The summed E-state index contributed by atoms with van der Waals surface area (Å²) in [6.07, 6.45) is 1.14. The van der Waals surface area contributed by atoms with Crippen LogP contribution in [0.4, 0.5) is 5.69 Å². The number of hydrogen-bond donors (Lipinski definition) is 1. The van der Waals surface area contributed by atoms with E-state index in [1.54, 1.807) is 4.90 Å². The molecule has 2 aromatic carbocycles. The number of amides is 1. The van der Waals surface area contributed by atoms with Crippen molar-refractivity contribution in [2.24, 2.45) is 0 Å². The van der Waals surface area contributed by atoms with Crippen LogP contribution in [0.25, 0.3) is 0 Å². The third kappa shape index (κ3) is 5.32. The Labute approximate surface area is 160 Å². The molecule has 5 heteroatoms. The zero-order valence-corrected chi connectivity index (χ0v) is 15.9. The Hall–Kier alpha value is -2.35. The van der Waals surface area contributed by atoms with Gasteiger partial charge in [0.25, 0.3) is 0 Å². The number of rotatable bonds is 8. The second kappa shape index (κ2) is 9.96. The van der Waals surface area contributed by atoms with E-state index < -0.39 is 0 Å². The van der Waals surface area contributed by atoms with Crippen molar-refractivity contribution in [1.82, 2.24) is 5.32 Å². The van der Waals surface area contributed by atoms with Crippen LogP contribution >= 0.6 is 11.6 Å².